The molecule has 1 N–H and O–H groups in total. The number of benzene rings is 1. The minimum absolute atomic E-state index is 0.0304. The van der Waals surface area contributed by atoms with Crippen LogP contribution in [0.15, 0.2) is 48.7 Å². The van der Waals surface area contributed by atoms with E-state index in [1.807, 2.05) is 23.1 Å². The van der Waals surface area contributed by atoms with Crippen molar-refractivity contribution in [3.8, 4) is 5.88 Å². The van der Waals surface area contributed by atoms with Gasteiger partial charge in [-0.05, 0) is 62.3 Å². The van der Waals surface area contributed by atoms with Crippen LogP contribution in [-0.4, -0.2) is 128 Å². The highest BCUT2D eigenvalue weighted by atomic mass is 19.4. The molecule has 1 aromatic carbocycles. The zero-order chi connectivity index (χ0) is 42.9. The summed E-state index contributed by atoms with van der Waals surface area (Å²) in [4.78, 5) is 78.8. The van der Waals surface area contributed by atoms with E-state index in [-0.39, 0.29) is 65.9 Å². The Morgan fingerprint density at radius 3 is 2.27 bits per heavy atom. The molecular weight excluding hydrogens is 810 g/mol. The molecule has 0 spiro atoms. The monoisotopic (exact) mass is 854 g/mol. The van der Waals surface area contributed by atoms with Gasteiger partial charge >= 0.3 is 6.18 Å². The Morgan fingerprint density at radius 2 is 1.58 bits per heavy atom. The summed E-state index contributed by atoms with van der Waals surface area (Å²) in [7, 11) is 0. The molecule has 5 aliphatic heterocycles. The van der Waals surface area contributed by atoms with Crippen molar-refractivity contribution >= 4 is 46.4 Å². The van der Waals surface area contributed by atoms with Gasteiger partial charge in [0.05, 0.1) is 23.0 Å². The summed E-state index contributed by atoms with van der Waals surface area (Å²) < 4.78 is 46.8. The third kappa shape index (κ3) is 7.32. The number of carbonyl (C=O) groups excluding carboxylic acids is 5. The van der Waals surface area contributed by atoms with E-state index in [4.69, 9.17) is 9.72 Å². The summed E-state index contributed by atoms with van der Waals surface area (Å²) in [5, 5.41) is 13.1. The molecule has 5 atom stereocenters. The molecule has 324 valence electrons. The third-order valence-electron chi connectivity index (χ3n) is 13.7. The second-order valence-corrected chi connectivity index (χ2v) is 17.4. The number of fused-ring (bicyclic) bond motifs is 4. The number of halogens is 3. The number of alkyl halides is 3. The second-order valence-electron chi connectivity index (χ2n) is 17.4. The van der Waals surface area contributed by atoms with E-state index in [1.54, 1.807) is 18.3 Å². The first-order valence-corrected chi connectivity index (χ1v) is 21.4. The average Bonchev–Trinajstić information content (AvgIpc) is 3.90. The van der Waals surface area contributed by atoms with Gasteiger partial charge in [-0.1, -0.05) is 12.1 Å². The van der Waals surface area contributed by atoms with Crippen LogP contribution in [0.25, 0.3) is 5.65 Å². The van der Waals surface area contributed by atoms with Gasteiger partial charge in [0, 0.05) is 101 Å². The first-order valence-electron chi connectivity index (χ1n) is 21.4. The van der Waals surface area contributed by atoms with E-state index in [1.165, 1.54) is 12.1 Å². The van der Waals surface area contributed by atoms with E-state index < -0.39 is 29.7 Å². The maximum Gasteiger partial charge on any atom is 0.453 e. The van der Waals surface area contributed by atoms with Gasteiger partial charge < -0.3 is 19.4 Å². The number of piperidine rings is 3. The van der Waals surface area contributed by atoms with Crippen LogP contribution >= 0.6 is 0 Å². The minimum atomic E-state index is -4.71. The summed E-state index contributed by atoms with van der Waals surface area (Å²) in [6, 6.07) is 11.8. The smallest absolute Gasteiger partial charge is 0.453 e. The van der Waals surface area contributed by atoms with Gasteiger partial charge in [-0.2, -0.15) is 17.7 Å². The Balaban J connectivity index is 0.695. The molecule has 3 amide bonds. The number of piperazine rings is 1. The number of carbonyl (C=O) groups is 5. The molecule has 19 heteroatoms. The number of nitrogens with one attached hydrogen (secondary N) is 1. The van der Waals surface area contributed by atoms with Crippen LogP contribution in [0.2, 0.25) is 0 Å². The fourth-order valence-electron chi connectivity index (χ4n) is 10.6. The molecule has 5 fully saturated rings. The van der Waals surface area contributed by atoms with Crippen LogP contribution in [0.5, 0.6) is 5.88 Å². The number of rotatable bonds is 8. The summed E-state index contributed by atoms with van der Waals surface area (Å²) >= 11 is 0. The molecule has 8 heterocycles. The summed E-state index contributed by atoms with van der Waals surface area (Å²) in [5.74, 6) is -3.46. The predicted octanol–water partition coefficient (Wildman–Crippen LogP) is 3.84. The number of Topliss-reactive ketones (excluding diaryl/α,β-unsaturated/α-hetero) is 2. The summed E-state index contributed by atoms with van der Waals surface area (Å²) in [5.41, 5.74) is 2.00. The highest BCUT2D eigenvalue weighted by molar-refractivity contribution is 6.30. The molecular formula is C43H45F3N10O6. The molecule has 1 aliphatic carbocycles. The second kappa shape index (κ2) is 15.7. The van der Waals surface area contributed by atoms with Crippen LogP contribution in [-0.2, 0) is 15.8 Å². The van der Waals surface area contributed by atoms with Gasteiger partial charge in [0.1, 0.15) is 11.9 Å². The van der Waals surface area contributed by atoms with Crippen molar-refractivity contribution in [3.63, 3.8) is 0 Å². The van der Waals surface area contributed by atoms with Gasteiger partial charge in [-0.25, -0.2) is 4.98 Å². The number of aromatic nitrogens is 5. The van der Waals surface area contributed by atoms with Crippen LogP contribution < -0.4 is 19.9 Å². The Bertz CT molecular complexity index is 2430. The largest absolute Gasteiger partial charge is 0.473 e. The van der Waals surface area contributed by atoms with Gasteiger partial charge in [0.2, 0.25) is 17.7 Å². The normalized spacial score (nSPS) is 26.0. The van der Waals surface area contributed by atoms with E-state index in [0.717, 1.165) is 83.0 Å². The lowest BCUT2D eigenvalue weighted by Gasteiger charge is -2.40. The number of ketones is 2. The average molecular weight is 855 g/mol. The summed E-state index contributed by atoms with van der Waals surface area (Å²) in [6.07, 6.45) is 1.52. The lowest BCUT2D eigenvalue weighted by atomic mass is 9.82. The van der Waals surface area contributed by atoms with Crippen molar-refractivity contribution in [3.05, 3.63) is 71.2 Å². The van der Waals surface area contributed by atoms with Crippen LogP contribution in [0.4, 0.5) is 24.7 Å². The van der Waals surface area contributed by atoms with Crippen LogP contribution in [0.1, 0.15) is 88.3 Å². The van der Waals surface area contributed by atoms with Crippen molar-refractivity contribution in [2.75, 3.05) is 55.6 Å². The number of nitrogens with zero attached hydrogens (tertiary/aromatic N) is 9. The molecule has 3 aromatic heterocycles. The number of ether oxygens (including phenoxy) is 1. The minimum Gasteiger partial charge on any atom is -0.473 e. The molecule has 16 nitrogen and oxygen atoms in total. The SMILES string of the molecule is O=C1CCC(C2C(=O)c3cccc(N4CCC(CN5CCN(c6ccc(C(=O)N7[C@@H]8CC[C@H]7CC(Oc7ccc9nnc(C(F)(F)F)n9n7)C8)cn6)CC5)CC4)c3C2=O)C(=O)N1. The van der Waals surface area contributed by atoms with Crippen molar-refractivity contribution in [2.24, 2.45) is 17.8 Å². The molecule has 5 saturated heterocycles. The zero-order valence-electron chi connectivity index (χ0n) is 33.8. The Morgan fingerprint density at radius 1 is 0.823 bits per heavy atom. The summed E-state index contributed by atoms with van der Waals surface area (Å²) in [6.45, 7) is 5.81. The standard InChI is InChI=1S/C43H45F3N10O6/c44-43(45,46)42-50-49-33-9-11-35(51-56(33)42)62-28-20-26-5-6-27(21-28)55(26)41(61)25-4-8-32(47-22-25)54-18-16-52(17-19-54)23-24-12-14-53(15-13-24)31-3-1-2-29-36(31)39(59)37(38(29)58)30-7-10-34(57)48-40(30)60/h1-4,8-9,11,22,24,26-28,30,37H,5-7,10,12-21,23H2,(H,48,57,60)/t26-,27+,28?,30?,37?. The highest BCUT2D eigenvalue weighted by Gasteiger charge is 2.49. The number of pyridine rings is 1. The lowest BCUT2D eigenvalue weighted by Crippen LogP contribution is -2.49. The molecule has 3 unspecified atom stereocenters. The van der Waals surface area contributed by atoms with Gasteiger partial charge in [0.25, 0.3) is 11.7 Å². The lowest BCUT2D eigenvalue weighted by molar-refractivity contribution is -0.146. The fourth-order valence-corrected chi connectivity index (χ4v) is 10.6. The van der Waals surface area contributed by atoms with E-state index >= 15 is 0 Å². The molecule has 6 aliphatic rings. The number of anilines is 2. The molecule has 4 aromatic rings. The van der Waals surface area contributed by atoms with Gasteiger partial charge in [-0.3, -0.25) is 34.2 Å². The Labute approximate surface area is 353 Å². The maximum atomic E-state index is 13.8. The van der Waals surface area contributed by atoms with Crippen molar-refractivity contribution in [2.45, 2.75) is 75.7 Å². The topological polar surface area (TPSA) is 176 Å². The van der Waals surface area contributed by atoms with E-state index in [9.17, 15) is 37.1 Å². The number of hydrogen-bond donors (Lipinski definition) is 1. The predicted molar refractivity (Wildman–Crippen MR) is 215 cm³/mol. The van der Waals surface area contributed by atoms with Crippen molar-refractivity contribution < 1.29 is 41.9 Å². The number of imide groups is 1. The van der Waals surface area contributed by atoms with Crippen molar-refractivity contribution in [1.82, 2.24) is 39.9 Å². The Hall–Kier alpha value is -5.98. The molecule has 10 rings (SSSR count). The quantitative estimate of drug-likeness (QED) is 0.200. The molecule has 2 bridgehead atoms. The first kappa shape index (κ1) is 40.1. The van der Waals surface area contributed by atoms with E-state index in [0.29, 0.717) is 40.0 Å². The first-order chi connectivity index (χ1) is 29.9. The number of amides is 3. The Kier molecular flexibility index (Phi) is 10.2. The third-order valence-corrected chi connectivity index (χ3v) is 13.7. The fraction of sp³-hybridized carbons (Fsp3) is 0.512. The van der Waals surface area contributed by atoms with Crippen LogP contribution in [0, 0.1) is 17.8 Å². The van der Waals surface area contributed by atoms with Crippen molar-refractivity contribution in [1.29, 1.82) is 0 Å². The highest BCUT2D eigenvalue weighted by Crippen LogP contribution is 2.41. The zero-order valence-corrected chi connectivity index (χ0v) is 33.8. The van der Waals surface area contributed by atoms with Gasteiger partial charge in [0.15, 0.2) is 17.2 Å². The van der Waals surface area contributed by atoms with Gasteiger partial charge in [-0.15, -0.1) is 15.3 Å². The molecule has 62 heavy (non-hydrogen) atoms. The van der Waals surface area contributed by atoms with Crippen LogP contribution in [0.3, 0.4) is 0 Å². The molecule has 0 saturated carbocycles. The maximum absolute atomic E-state index is 13.8. The van der Waals surface area contributed by atoms with E-state index in [2.05, 4.69) is 35.3 Å². The number of hydrogen-bond acceptors (Lipinski definition) is 13. The molecule has 0 radical (unpaired) electrons.